The Balaban J connectivity index is 1.79. The van der Waals surface area contributed by atoms with Gasteiger partial charge in [-0.2, -0.15) is 0 Å². The number of para-hydroxylation sites is 2. The van der Waals surface area contributed by atoms with Crippen molar-refractivity contribution in [1.29, 1.82) is 0 Å². The highest BCUT2D eigenvalue weighted by Crippen LogP contribution is 2.28. The molecule has 1 N–H and O–H groups in total. The van der Waals surface area contributed by atoms with Gasteiger partial charge < -0.3 is 9.88 Å². The lowest BCUT2D eigenvalue weighted by atomic mass is 9.89. The molecule has 0 fully saturated rings. The molecule has 0 aliphatic rings. The molecule has 156 valence electrons. The standard InChI is InChI=1S/C26H25N3O2/c1-27-25(30)20-15-13-19(14-16-20)21(17-12-18-8-4-3-5-9-18)24-26(31)29(2)23-11-7-6-10-22(23)28-24/h3-11,13-16,21H,12,17H2,1-2H3,(H,27,30). The number of fused-ring (bicyclic) bond motifs is 1. The van der Waals surface area contributed by atoms with Gasteiger partial charge in [-0.1, -0.05) is 54.6 Å². The lowest BCUT2D eigenvalue weighted by Crippen LogP contribution is -2.26. The summed E-state index contributed by atoms with van der Waals surface area (Å²) < 4.78 is 1.67. The number of aromatic nitrogens is 2. The van der Waals surface area contributed by atoms with Gasteiger partial charge in [0.05, 0.1) is 11.0 Å². The van der Waals surface area contributed by atoms with Crippen LogP contribution in [0.1, 0.15) is 39.5 Å². The zero-order valence-electron chi connectivity index (χ0n) is 17.7. The average Bonchev–Trinajstić information content (AvgIpc) is 2.82. The summed E-state index contributed by atoms with van der Waals surface area (Å²) in [5.74, 6) is -0.311. The number of nitrogens with zero attached hydrogens (tertiary/aromatic N) is 2. The molecule has 3 aromatic carbocycles. The Bertz CT molecular complexity index is 1260. The molecule has 1 aromatic heterocycles. The summed E-state index contributed by atoms with van der Waals surface area (Å²) in [6.45, 7) is 0. The van der Waals surface area contributed by atoms with E-state index in [2.05, 4.69) is 17.4 Å². The van der Waals surface area contributed by atoms with Crippen LogP contribution in [0, 0.1) is 0 Å². The van der Waals surface area contributed by atoms with E-state index in [4.69, 9.17) is 4.98 Å². The second-order valence-corrected chi connectivity index (χ2v) is 7.63. The highest BCUT2D eigenvalue weighted by Gasteiger charge is 2.22. The molecule has 1 heterocycles. The van der Waals surface area contributed by atoms with Crippen molar-refractivity contribution >= 4 is 16.9 Å². The molecular weight excluding hydrogens is 386 g/mol. The minimum absolute atomic E-state index is 0.0906. The van der Waals surface area contributed by atoms with Crippen molar-refractivity contribution in [3.05, 3.63) is 112 Å². The Labute approximate surface area is 181 Å². The molecule has 0 bridgehead atoms. The molecule has 4 aromatic rings. The van der Waals surface area contributed by atoms with Gasteiger partial charge >= 0.3 is 0 Å². The summed E-state index contributed by atoms with van der Waals surface area (Å²) in [5, 5.41) is 2.64. The van der Waals surface area contributed by atoms with Crippen molar-refractivity contribution in [2.75, 3.05) is 7.05 Å². The second-order valence-electron chi connectivity index (χ2n) is 7.63. The fourth-order valence-corrected chi connectivity index (χ4v) is 3.96. The maximum atomic E-state index is 13.3. The van der Waals surface area contributed by atoms with Gasteiger partial charge in [-0.05, 0) is 48.2 Å². The van der Waals surface area contributed by atoms with E-state index in [0.717, 1.165) is 29.4 Å². The zero-order chi connectivity index (χ0) is 21.8. The van der Waals surface area contributed by atoms with Gasteiger partial charge in [0.15, 0.2) is 0 Å². The largest absolute Gasteiger partial charge is 0.355 e. The molecule has 1 unspecified atom stereocenters. The van der Waals surface area contributed by atoms with Crippen molar-refractivity contribution < 1.29 is 4.79 Å². The van der Waals surface area contributed by atoms with E-state index in [1.807, 2.05) is 54.6 Å². The van der Waals surface area contributed by atoms with Crippen LogP contribution < -0.4 is 10.9 Å². The third kappa shape index (κ3) is 4.26. The van der Waals surface area contributed by atoms with Crippen molar-refractivity contribution in [3.63, 3.8) is 0 Å². The van der Waals surface area contributed by atoms with Crippen LogP contribution in [0.2, 0.25) is 0 Å². The van der Waals surface area contributed by atoms with E-state index in [1.165, 1.54) is 5.56 Å². The van der Waals surface area contributed by atoms with Crippen molar-refractivity contribution in [2.24, 2.45) is 7.05 Å². The van der Waals surface area contributed by atoms with Gasteiger partial charge in [-0.3, -0.25) is 9.59 Å². The first-order valence-electron chi connectivity index (χ1n) is 10.4. The Morgan fingerprint density at radius 3 is 2.35 bits per heavy atom. The molecule has 1 amide bonds. The molecule has 0 aliphatic carbocycles. The topological polar surface area (TPSA) is 64.0 Å². The lowest BCUT2D eigenvalue weighted by Gasteiger charge is -2.19. The Morgan fingerprint density at radius 1 is 0.968 bits per heavy atom. The number of benzene rings is 3. The third-order valence-corrected chi connectivity index (χ3v) is 5.70. The first kappa shape index (κ1) is 20.5. The molecule has 0 radical (unpaired) electrons. The van der Waals surface area contributed by atoms with Crippen LogP contribution in [0.25, 0.3) is 11.0 Å². The number of hydrogen-bond donors (Lipinski definition) is 1. The number of nitrogens with one attached hydrogen (secondary N) is 1. The molecule has 5 heteroatoms. The molecule has 0 spiro atoms. The van der Waals surface area contributed by atoms with E-state index in [-0.39, 0.29) is 17.4 Å². The minimum Gasteiger partial charge on any atom is -0.355 e. The zero-order valence-corrected chi connectivity index (χ0v) is 17.7. The maximum absolute atomic E-state index is 13.3. The molecule has 0 saturated carbocycles. The van der Waals surface area contributed by atoms with Gasteiger partial charge in [-0.25, -0.2) is 4.98 Å². The van der Waals surface area contributed by atoms with Gasteiger partial charge in [0, 0.05) is 25.6 Å². The number of aryl methyl sites for hydroxylation is 2. The summed E-state index contributed by atoms with van der Waals surface area (Å²) in [5.41, 5.74) is 4.83. The third-order valence-electron chi connectivity index (χ3n) is 5.70. The van der Waals surface area contributed by atoms with Crippen LogP contribution in [-0.2, 0) is 13.5 Å². The van der Waals surface area contributed by atoms with Crippen LogP contribution in [-0.4, -0.2) is 22.5 Å². The number of carbonyl (C=O) groups is 1. The first-order chi connectivity index (χ1) is 15.1. The summed E-state index contributed by atoms with van der Waals surface area (Å²) in [6.07, 6.45) is 1.56. The molecule has 0 aliphatic heterocycles. The van der Waals surface area contributed by atoms with E-state index in [1.54, 1.807) is 30.8 Å². The number of carbonyl (C=O) groups excluding carboxylic acids is 1. The van der Waals surface area contributed by atoms with E-state index in [9.17, 15) is 9.59 Å². The Morgan fingerprint density at radius 2 is 1.65 bits per heavy atom. The van der Waals surface area contributed by atoms with Gasteiger partial charge in [-0.15, -0.1) is 0 Å². The van der Waals surface area contributed by atoms with Crippen LogP contribution in [0.3, 0.4) is 0 Å². The summed E-state index contributed by atoms with van der Waals surface area (Å²) >= 11 is 0. The van der Waals surface area contributed by atoms with E-state index >= 15 is 0 Å². The summed E-state index contributed by atoms with van der Waals surface area (Å²) in [6, 6.07) is 25.4. The molecular formula is C26H25N3O2. The van der Waals surface area contributed by atoms with Gasteiger partial charge in [0.2, 0.25) is 0 Å². The van der Waals surface area contributed by atoms with Crippen molar-refractivity contribution in [1.82, 2.24) is 14.9 Å². The highest BCUT2D eigenvalue weighted by molar-refractivity contribution is 5.94. The van der Waals surface area contributed by atoms with Crippen molar-refractivity contribution in [3.8, 4) is 0 Å². The van der Waals surface area contributed by atoms with Crippen LogP contribution in [0.15, 0.2) is 83.7 Å². The normalized spacial score (nSPS) is 11.9. The number of amides is 1. The predicted molar refractivity (Wildman–Crippen MR) is 123 cm³/mol. The second kappa shape index (κ2) is 8.96. The molecule has 31 heavy (non-hydrogen) atoms. The summed E-state index contributed by atoms with van der Waals surface area (Å²) in [7, 11) is 3.40. The first-order valence-corrected chi connectivity index (χ1v) is 10.4. The SMILES string of the molecule is CNC(=O)c1ccc(C(CCc2ccccc2)c2nc3ccccc3n(C)c2=O)cc1. The Kier molecular flexibility index (Phi) is 5.94. The van der Waals surface area contributed by atoms with Crippen LogP contribution in [0.5, 0.6) is 0 Å². The predicted octanol–water partition coefficient (Wildman–Crippen LogP) is 4.06. The van der Waals surface area contributed by atoms with E-state index < -0.39 is 0 Å². The molecule has 4 rings (SSSR count). The fraction of sp³-hybridized carbons (Fsp3) is 0.192. The lowest BCUT2D eigenvalue weighted by molar-refractivity contribution is 0.0963. The molecule has 0 saturated heterocycles. The van der Waals surface area contributed by atoms with Crippen LogP contribution >= 0.6 is 0 Å². The summed E-state index contributed by atoms with van der Waals surface area (Å²) in [4.78, 5) is 30.0. The average molecular weight is 412 g/mol. The quantitative estimate of drug-likeness (QED) is 0.520. The van der Waals surface area contributed by atoms with Gasteiger partial charge in [0.25, 0.3) is 11.5 Å². The number of hydrogen-bond acceptors (Lipinski definition) is 3. The Hall–Kier alpha value is -3.73. The minimum atomic E-state index is -0.178. The maximum Gasteiger partial charge on any atom is 0.273 e. The fourth-order valence-electron chi connectivity index (χ4n) is 3.96. The number of rotatable bonds is 6. The molecule has 5 nitrogen and oxygen atoms in total. The van der Waals surface area contributed by atoms with Gasteiger partial charge in [0.1, 0.15) is 5.69 Å². The monoisotopic (exact) mass is 411 g/mol. The van der Waals surface area contributed by atoms with Crippen molar-refractivity contribution in [2.45, 2.75) is 18.8 Å². The highest BCUT2D eigenvalue weighted by atomic mass is 16.1. The van der Waals surface area contributed by atoms with E-state index in [0.29, 0.717) is 11.3 Å². The van der Waals surface area contributed by atoms with Crippen LogP contribution in [0.4, 0.5) is 0 Å². The smallest absolute Gasteiger partial charge is 0.273 e. The molecule has 1 atom stereocenters.